The van der Waals surface area contributed by atoms with Gasteiger partial charge in [0, 0.05) is 6.61 Å². The van der Waals surface area contributed by atoms with Crippen LogP contribution in [-0.4, -0.2) is 36.1 Å². The third kappa shape index (κ3) is 4.18. The molecular weight excluding hydrogens is 196 g/mol. The third-order valence-corrected chi connectivity index (χ3v) is 1.85. The van der Waals surface area contributed by atoms with Crippen LogP contribution in [0, 0.1) is 0 Å². The largest absolute Gasteiger partial charge is 0.508 e. The molecule has 0 saturated carbocycles. The van der Waals surface area contributed by atoms with E-state index in [0.29, 0.717) is 19.0 Å². The van der Waals surface area contributed by atoms with Crippen LogP contribution in [0.3, 0.4) is 0 Å². The fourth-order valence-electron chi connectivity index (χ4n) is 1.09. The summed E-state index contributed by atoms with van der Waals surface area (Å²) >= 11 is 0. The highest BCUT2D eigenvalue weighted by molar-refractivity contribution is 5.30. The number of hydrogen-bond donors (Lipinski definition) is 2. The Hall–Kier alpha value is -1.26. The van der Waals surface area contributed by atoms with Crippen molar-refractivity contribution in [3.05, 3.63) is 24.3 Å². The Morgan fingerprint density at radius 3 is 2.47 bits per heavy atom. The van der Waals surface area contributed by atoms with Gasteiger partial charge in [0.05, 0.1) is 13.2 Å². The minimum atomic E-state index is -0.366. The van der Waals surface area contributed by atoms with Gasteiger partial charge in [-0.1, -0.05) is 0 Å². The predicted molar refractivity (Wildman–Crippen MR) is 56.1 cm³/mol. The SMILES string of the molecule is CCOCC(CO)Oc1ccc(O)cc1. The molecule has 1 atom stereocenters. The maximum atomic E-state index is 9.06. The average Bonchev–Trinajstić information content (AvgIpc) is 2.27. The summed E-state index contributed by atoms with van der Waals surface area (Å²) in [6, 6.07) is 6.35. The van der Waals surface area contributed by atoms with Gasteiger partial charge in [0.25, 0.3) is 0 Å². The van der Waals surface area contributed by atoms with Crippen LogP contribution in [0.4, 0.5) is 0 Å². The van der Waals surface area contributed by atoms with Crippen molar-refractivity contribution < 1.29 is 19.7 Å². The normalized spacial score (nSPS) is 12.4. The Morgan fingerprint density at radius 2 is 1.93 bits per heavy atom. The summed E-state index contributed by atoms with van der Waals surface area (Å²) in [5.41, 5.74) is 0. The monoisotopic (exact) mass is 212 g/mol. The molecule has 0 aliphatic rings. The van der Waals surface area contributed by atoms with Crippen LogP contribution < -0.4 is 4.74 Å². The average molecular weight is 212 g/mol. The van der Waals surface area contributed by atoms with Crippen molar-refractivity contribution in [2.24, 2.45) is 0 Å². The Bertz CT molecular complexity index is 270. The molecule has 0 spiro atoms. The summed E-state index contributed by atoms with van der Waals surface area (Å²) in [4.78, 5) is 0. The lowest BCUT2D eigenvalue weighted by atomic mass is 10.3. The van der Waals surface area contributed by atoms with Gasteiger partial charge in [0.2, 0.25) is 0 Å². The van der Waals surface area contributed by atoms with Gasteiger partial charge in [-0.3, -0.25) is 0 Å². The zero-order valence-corrected chi connectivity index (χ0v) is 8.72. The predicted octanol–water partition coefficient (Wildman–Crippen LogP) is 1.17. The van der Waals surface area contributed by atoms with E-state index in [1.165, 1.54) is 12.1 Å². The lowest BCUT2D eigenvalue weighted by Crippen LogP contribution is -2.27. The van der Waals surface area contributed by atoms with Gasteiger partial charge in [0.15, 0.2) is 0 Å². The number of rotatable bonds is 6. The first-order valence-corrected chi connectivity index (χ1v) is 4.90. The number of benzene rings is 1. The minimum absolute atomic E-state index is 0.0964. The molecule has 1 rings (SSSR count). The molecule has 0 aliphatic carbocycles. The van der Waals surface area contributed by atoms with Crippen LogP contribution in [0.2, 0.25) is 0 Å². The third-order valence-electron chi connectivity index (χ3n) is 1.85. The van der Waals surface area contributed by atoms with Crippen LogP contribution >= 0.6 is 0 Å². The lowest BCUT2D eigenvalue weighted by Gasteiger charge is -2.16. The Labute approximate surface area is 89.1 Å². The van der Waals surface area contributed by atoms with Gasteiger partial charge < -0.3 is 19.7 Å². The first-order chi connectivity index (χ1) is 7.26. The second-order valence-corrected chi connectivity index (χ2v) is 3.08. The van der Waals surface area contributed by atoms with Gasteiger partial charge in [-0.25, -0.2) is 0 Å². The van der Waals surface area contributed by atoms with E-state index in [1.807, 2.05) is 6.92 Å². The van der Waals surface area contributed by atoms with Crippen molar-refractivity contribution in [2.75, 3.05) is 19.8 Å². The number of aliphatic hydroxyl groups is 1. The molecule has 0 bridgehead atoms. The number of phenols is 1. The van der Waals surface area contributed by atoms with Crippen molar-refractivity contribution in [3.63, 3.8) is 0 Å². The standard InChI is InChI=1S/C11H16O4/c1-2-14-8-11(7-12)15-10-5-3-9(13)4-6-10/h3-6,11-13H,2,7-8H2,1H3. The molecule has 0 aliphatic heterocycles. The van der Waals surface area contributed by atoms with E-state index in [9.17, 15) is 0 Å². The highest BCUT2D eigenvalue weighted by Crippen LogP contribution is 2.17. The number of ether oxygens (including phenoxy) is 2. The number of phenolic OH excluding ortho intramolecular Hbond substituents is 1. The number of aromatic hydroxyl groups is 1. The van der Waals surface area contributed by atoms with E-state index in [-0.39, 0.29) is 18.5 Å². The van der Waals surface area contributed by atoms with E-state index in [2.05, 4.69) is 0 Å². The van der Waals surface area contributed by atoms with Gasteiger partial charge in [0.1, 0.15) is 17.6 Å². The van der Waals surface area contributed by atoms with E-state index in [1.54, 1.807) is 12.1 Å². The molecule has 0 heterocycles. The molecule has 15 heavy (non-hydrogen) atoms. The van der Waals surface area contributed by atoms with E-state index >= 15 is 0 Å². The van der Waals surface area contributed by atoms with Crippen LogP contribution in [0.5, 0.6) is 11.5 Å². The smallest absolute Gasteiger partial charge is 0.145 e. The molecule has 84 valence electrons. The topological polar surface area (TPSA) is 58.9 Å². The van der Waals surface area contributed by atoms with Crippen molar-refractivity contribution in [3.8, 4) is 11.5 Å². The van der Waals surface area contributed by atoms with Crippen LogP contribution in [0.15, 0.2) is 24.3 Å². The lowest BCUT2D eigenvalue weighted by molar-refractivity contribution is 0.0246. The van der Waals surface area contributed by atoms with Gasteiger partial charge in [-0.15, -0.1) is 0 Å². The quantitative estimate of drug-likeness (QED) is 0.743. The first kappa shape index (κ1) is 11.8. The number of hydrogen-bond acceptors (Lipinski definition) is 4. The molecule has 0 radical (unpaired) electrons. The van der Waals surface area contributed by atoms with E-state index < -0.39 is 0 Å². The van der Waals surface area contributed by atoms with Gasteiger partial charge in [-0.05, 0) is 31.2 Å². The molecule has 1 aromatic rings. The molecule has 2 N–H and O–H groups in total. The molecular formula is C11H16O4. The van der Waals surface area contributed by atoms with Crippen LogP contribution in [0.25, 0.3) is 0 Å². The second-order valence-electron chi connectivity index (χ2n) is 3.08. The fourth-order valence-corrected chi connectivity index (χ4v) is 1.09. The highest BCUT2D eigenvalue weighted by atomic mass is 16.5. The zero-order valence-electron chi connectivity index (χ0n) is 8.72. The first-order valence-electron chi connectivity index (χ1n) is 4.90. The maximum absolute atomic E-state index is 9.06. The van der Waals surface area contributed by atoms with Crippen LogP contribution in [-0.2, 0) is 4.74 Å². The molecule has 1 unspecified atom stereocenters. The van der Waals surface area contributed by atoms with E-state index in [0.717, 1.165) is 0 Å². The molecule has 0 aromatic heterocycles. The van der Waals surface area contributed by atoms with Gasteiger partial charge in [-0.2, -0.15) is 0 Å². The van der Waals surface area contributed by atoms with Crippen molar-refractivity contribution in [1.82, 2.24) is 0 Å². The zero-order chi connectivity index (χ0) is 11.1. The van der Waals surface area contributed by atoms with Crippen molar-refractivity contribution in [1.29, 1.82) is 0 Å². The Balaban J connectivity index is 2.47. The molecule has 0 saturated heterocycles. The summed E-state index contributed by atoms with van der Waals surface area (Å²) in [7, 11) is 0. The molecule has 0 fully saturated rings. The molecule has 0 amide bonds. The van der Waals surface area contributed by atoms with E-state index in [4.69, 9.17) is 19.7 Å². The Morgan fingerprint density at radius 1 is 1.27 bits per heavy atom. The summed E-state index contributed by atoms with van der Waals surface area (Å²) in [5.74, 6) is 0.791. The molecule has 4 nitrogen and oxygen atoms in total. The summed E-state index contributed by atoms with van der Waals surface area (Å²) in [6.45, 7) is 2.74. The fraction of sp³-hybridized carbons (Fsp3) is 0.455. The van der Waals surface area contributed by atoms with Crippen molar-refractivity contribution >= 4 is 0 Å². The summed E-state index contributed by atoms with van der Waals surface area (Å²) < 4.78 is 10.6. The summed E-state index contributed by atoms with van der Waals surface area (Å²) in [5, 5.41) is 18.1. The second kappa shape index (κ2) is 6.27. The van der Waals surface area contributed by atoms with Crippen molar-refractivity contribution in [2.45, 2.75) is 13.0 Å². The van der Waals surface area contributed by atoms with Gasteiger partial charge >= 0.3 is 0 Å². The minimum Gasteiger partial charge on any atom is -0.508 e. The highest BCUT2D eigenvalue weighted by Gasteiger charge is 2.08. The molecule has 1 aromatic carbocycles. The number of aliphatic hydroxyl groups excluding tert-OH is 1. The maximum Gasteiger partial charge on any atom is 0.145 e. The summed E-state index contributed by atoms with van der Waals surface area (Å²) in [6.07, 6.45) is -0.366. The Kier molecular flexibility index (Phi) is 4.93. The van der Waals surface area contributed by atoms with Crippen LogP contribution in [0.1, 0.15) is 6.92 Å². The molecule has 4 heteroatoms.